The number of hydrogen-bond acceptors (Lipinski definition) is 6. The fraction of sp³-hybridized carbons (Fsp3) is 0.353. The first-order chi connectivity index (χ1) is 11.8. The molecule has 26 heavy (non-hydrogen) atoms. The van der Waals surface area contributed by atoms with Gasteiger partial charge in [-0.2, -0.15) is 0 Å². The summed E-state index contributed by atoms with van der Waals surface area (Å²) in [4.78, 5) is 4.60. The van der Waals surface area contributed by atoms with Gasteiger partial charge in [0.05, 0.1) is 17.2 Å². The van der Waals surface area contributed by atoms with Crippen molar-refractivity contribution in [3.05, 3.63) is 40.6 Å². The van der Waals surface area contributed by atoms with E-state index in [4.69, 9.17) is 10.5 Å². The van der Waals surface area contributed by atoms with Crippen molar-refractivity contribution in [1.82, 2.24) is 5.32 Å². The van der Waals surface area contributed by atoms with Crippen LogP contribution in [0.1, 0.15) is 4.88 Å². The van der Waals surface area contributed by atoms with E-state index in [1.807, 2.05) is 35.3 Å². The molecule has 0 bridgehead atoms. The van der Waals surface area contributed by atoms with Crippen molar-refractivity contribution in [1.29, 1.82) is 5.41 Å². The van der Waals surface area contributed by atoms with Crippen molar-refractivity contribution in [2.24, 2.45) is 0 Å². The zero-order chi connectivity index (χ0) is 16.8. The normalized spacial score (nSPS) is 12.6. The monoisotopic (exact) mass is 434 g/mol. The third-order valence-corrected chi connectivity index (χ3v) is 5.73. The van der Waals surface area contributed by atoms with Gasteiger partial charge in [-0.25, -0.2) is 0 Å². The van der Waals surface area contributed by atoms with Crippen molar-refractivity contribution < 1.29 is 5.11 Å². The molecule has 2 aromatic rings. The van der Waals surface area contributed by atoms with Crippen LogP contribution in [0.15, 0.2) is 40.6 Å². The number of aliphatic hydroxyl groups is 1. The Bertz CT molecular complexity index is 685. The number of rotatable bonds is 7. The molecule has 1 aliphatic rings. The van der Waals surface area contributed by atoms with E-state index < -0.39 is 0 Å². The third-order valence-electron chi connectivity index (χ3n) is 3.80. The number of hydrogen-bond donors (Lipinski definition) is 4. The Hall–Kier alpha value is -0.960. The molecule has 0 spiro atoms. The van der Waals surface area contributed by atoms with Crippen LogP contribution in [0.2, 0.25) is 0 Å². The van der Waals surface area contributed by atoms with Crippen LogP contribution in [0.25, 0.3) is 0 Å². The SMILES string of the molecule is Cl.Cl.N=C(Nc1ccc2c(c1)N(CCNCCO)CCS2)c1cccs1. The lowest BCUT2D eigenvalue weighted by Crippen LogP contribution is -2.36. The van der Waals surface area contributed by atoms with Gasteiger partial charge in [-0.1, -0.05) is 6.07 Å². The first-order valence-electron chi connectivity index (χ1n) is 8.01. The van der Waals surface area contributed by atoms with Crippen LogP contribution in [0.3, 0.4) is 0 Å². The Morgan fingerprint density at radius 3 is 2.81 bits per heavy atom. The van der Waals surface area contributed by atoms with Crippen molar-refractivity contribution in [3.8, 4) is 0 Å². The topological polar surface area (TPSA) is 71.4 Å². The quantitative estimate of drug-likeness (QED) is 0.304. The van der Waals surface area contributed by atoms with Gasteiger partial charge < -0.3 is 20.6 Å². The highest BCUT2D eigenvalue weighted by Gasteiger charge is 2.17. The first-order valence-corrected chi connectivity index (χ1v) is 9.87. The molecule has 1 aromatic heterocycles. The number of nitrogens with zero attached hydrogens (tertiary/aromatic N) is 1. The van der Waals surface area contributed by atoms with E-state index in [1.54, 1.807) is 11.3 Å². The molecule has 9 heteroatoms. The summed E-state index contributed by atoms with van der Waals surface area (Å²) in [5.74, 6) is 1.52. The van der Waals surface area contributed by atoms with Crippen molar-refractivity contribution in [2.75, 3.05) is 48.8 Å². The molecule has 1 aromatic carbocycles. The van der Waals surface area contributed by atoms with E-state index in [1.165, 1.54) is 10.6 Å². The van der Waals surface area contributed by atoms with Crippen LogP contribution in [-0.4, -0.2) is 49.5 Å². The van der Waals surface area contributed by atoms with Crippen molar-refractivity contribution in [2.45, 2.75) is 4.90 Å². The van der Waals surface area contributed by atoms with Gasteiger partial charge in [-0.15, -0.1) is 47.9 Å². The average Bonchev–Trinajstić information content (AvgIpc) is 3.14. The second-order valence-electron chi connectivity index (χ2n) is 5.47. The van der Waals surface area contributed by atoms with E-state index >= 15 is 0 Å². The average molecular weight is 435 g/mol. The molecular weight excluding hydrogens is 411 g/mol. The molecule has 3 rings (SSSR count). The summed E-state index contributed by atoms with van der Waals surface area (Å²) >= 11 is 3.45. The van der Waals surface area contributed by atoms with Crippen LogP contribution in [0.4, 0.5) is 11.4 Å². The number of benzene rings is 1. The highest BCUT2D eigenvalue weighted by molar-refractivity contribution is 7.99. The van der Waals surface area contributed by atoms with Gasteiger partial charge in [-0.05, 0) is 29.6 Å². The smallest absolute Gasteiger partial charge is 0.140 e. The third kappa shape index (κ3) is 6.04. The van der Waals surface area contributed by atoms with Gasteiger partial charge in [0.2, 0.25) is 0 Å². The summed E-state index contributed by atoms with van der Waals surface area (Å²) in [6, 6.07) is 10.2. The zero-order valence-electron chi connectivity index (χ0n) is 14.2. The molecule has 0 unspecified atom stereocenters. The first kappa shape index (κ1) is 23.1. The van der Waals surface area contributed by atoms with E-state index in [0.29, 0.717) is 12.4 Å². The van der Waals surface area contributed by atoms with Crippen LogP contribution in [0.5, 0.6) is 0 Å². The molecular formula is C17H24Cl2N4OS2. The minimum absolute atomic E-state index is 0. The van der Waals surface area contributed by atoms with Crippen LogP contribution >= 0.6 is 47.9 Å². The lowest BCUT2D eigenvalue weighted by atomic mass is 10.2. The fourth-order valence-electron chi connectivity index (χ4n) is 2.63. The minimum Gasteiger partial charge on any atom is -0.395 e. The number of aliphatic hydroxyl groups excluding tert-OH is 1. The maximum atomic E-state index is 8.85. The minimum atomic E-state index is 0. The number of nitrogens with one attached hydrogen (secondary N) is 3. The van der Waals surface area contributed by atoms with Gasteiger partial charge in [0.25, 0.3) is 0 Å². The molecule has 144 valence electrons. The summed E-state index contributed by atoms with van der Waals surface area (Å²) in [5, 5.41) is 25.4. The number of thioether (sulfide) groups is 1. The maximum Gasteiger partial charge on any atom is 0.140 e. The lowest BCUT2D eigenvalue weighted by Gasteiger charge is -2.31. The van der Waals surface area contributed by atoms with Crippen LogP contribution in [0, 0.1) is 5.41 Å². The van der Waals surface area contributed by atoms with Crippen LogP contribution in [-0.2, 0) is 0 Å². The second kappa shape index (κ2) is 11.7. The maximum absolute atomic E-state index is 8.85. The second-order valence-corrected chi connectivity index (χ2v) is 7.55. The lowest BCUT2D eigenvalue weighted by molar-refractivity contribution is 0.293. The number of amidine groups is 1. The summed E-state index contributed by atoms with van der Waals surface area (Å²) < 4.78 is 0. The molecule has 0 radical (unpaired) electrons. The highest BCUT2D eigenvalue weighted by atomic mass is 35.5. The summed E-state index contributed by atoms with van der Waals surface area (Å²) in [6.45, 7) is 3.59. The molecule has 4 N–H and O–H groups in total. The Kier molecular flexibility index (Phi) is 10.4. The Balaban J connectivity index is 0.00000169. The van der Waals surface area contributed by atoms with Crippen molar-refractivity contribution in [3.63, 3.8) is 0 Å². The molecule has 0 saturated carbocycles. The largest absolute Gasteiger partial charge is 0.395 e. The number of anilines is 2. The molecule has 0 atom stereocenters. The Labute approximate surface area is 174 Å². The summed E-state index contributed by atoms with van der Waals surface area (Å²) in [6.07, 6.45) is 0. The van der Waals surface area contributed by atoms with Crippen molar-refractivity contribution >= 4 is 65.1 Å². The summed E-state index contributed by atoms with van der Waals surface area (Å²) in [7, 11) is 0. The predicted molar refractivity (Wildman–Crippen MR) is 119 cm³/mol. The molecule has 5 nitrogen and oxygen atoms in total. The fourth-order valence-corrected chi connectivity index (χ4v) is 4.29. The van der Waals surface area contributed by atoms with Crippen LogP contribution < -0.4 is 15.5 Å². The number of fused-ring (bicyclic) bond motifs is 1. The molecule has 0 aliphatic carbocycles. The van der Waals surface area contributed by atoms with Gasteiger partial charge in [0.15, 0.2) is 0 Å². The van der Waals surface area contributed by atoms with E-state index in [0.717, 1.165) is 36.0 Å². The number of halogens is 2. The van der Waals surface area contributed by atoms with E-state index in [-0.39, 0.29) is 31.4 Å². The molecule has 2 heterocycles. The van der Waals surface area contributed by atoms with Gasteiger partial charge in [0.1, 0.15) is 5.84 Å². The Morgan fingerprint density at radius 2 is 2.08 bits per heavy atom. The van der Waals surface area contributed by atoms with Gasteiger partial charge in [-0.3, -0.25) is 5.41 Å². The highest BCUT2D eigenvalue weighted by Crippen LogP contribution is 2.36. The van der Waals surface area contributed by atoms with Gasteiger partial charge in [0, 0.05) is 42.5 Å². The predicted octanol–water partition coefficient (Wildman–Crippen LogP) is 3.52. The Morgan fingerprint density at radius 1 is 1.23 bits per heavy atom. The molecule has 1 aliphatic heterocycles. The van der Waals surface area contributed by atoms with E-state index in [2.05, 4.69) is 27.7 Å². The standard InChI is InChI=1S/C17H22N4OS2.2ClH/c18-17(16-2-1-10-23-16)20-13-3-4-15-14(12-13)21(8-11-24-15)7-5-19-6-9-22;;/h1-4,10,12,19,22H,5-9,11H2,(H2,18,20);2*1H. The molecule has 0 amide bonds. The summed E-state index contributed by atoms with van der Waals surface area (Å²) in [5.41, 5.74) is 2.17. The van der Waals surface area contributed by atoms with Gasteiger partial charge >= 0.3 is 0 Å². The zero-order valence-corrected chi connectivity index (χ0v) is 17.5. The molecule has 0 fully saturated rings. The molecule has 0 saturated heterocycles. The van der Waals surface area contributed by atoms with E-state index in [9.17, 15) is 0 Å². The number of thiophene rings is 1.